The molecule has 0 unspecified atom stereocenters. The first-order chi connectivity index (χ1) is 12.3. The van der Waals surface area contributed by atoms with Crippen molar-refractivity contribution in [3.63, 3.8) is 0 Å². The Morgan fingerprint density at radius 1 is 1.23 bits per heavy atom. The number of carbonyl (C=O) groups is 2. The number of ketones is 1. The van der Waals surface area contributed by atoms with Crippen LogP contribution >= 0.6 is 0 Å². The second-order valence-electron chi connectivity index (χ2n) is 8.11. The molecule has 1 N–H and O–H groups in total. The molecule has 0 spiro atoms. The number of Topliss-reactive ketones (excluding diaryl/α,β-unsaturated/α-hetero) is 1. The molecule has 26 heavy (non-hydrogen) atoms. The topological polar surface area (TPSA) is 62.4 Å². The SMILES string of the molecule is CC(C)(C)OC(=O)N1CC=C(c2ccc3[nH]c4c(c3c2)CCCC4=O)C1. The maximum atomic E-state index is 12.3. The van der Waals surface area contributed by atoms with Crippen molar-refractivity contribution in [1.82, 2.24) is 9.88 Å². The van der Waals surface area contributed by atoms with Gasteiger partial charge in [-0.2, -0.15) is 0 Å². The number of fused-ring (bicyclic) bond motifs is 3. The van der Waals surface area contributed by atoms with E-state index in [2.05, 4.69) is 23.2 Å². The van der Waals surface area contributed by atoms with Gasteiger partial charge in [0.2, 0.25) is 0 Å². The molecule has 0 saturated carbocycles. The predicted octanol–water partition coefficient (Wildman–Crippen LogP) is 4.32. The lowest BCUT2D eigenvalue weighted by molar-refractivity contribution is 0.0306. The summed E-state index contributed by atoms with van der Waals surface area (Å²) in [7, 11) is 0. The number of nitrogens with one attached hydrogen (secondary N) is 1. The van der Waals surface area contributed by atoms with Crippen LogP contribution in [-0.2, 0) is 11.2 Å². The van der Waals surface area contributed by atoms with E-state index in [-0.39, 0.29) is 11.9 Å². The molecule has 1 aromatic carbocycles. The lowest BCUT2D eigenvalue weighted by Crippen LogP contribution is -2.35. The van der Waals surface area contributed by atoms with E-state index in [1.165, 1.54) is 0 Å². The summed E-state index contributed by atoms with van der Waals surface area (Å²) < 4.78 is 5.46. The lowest BCUT2D eigenvalue weighted by atomic mass is 9.93. The minimum absolute atomic E-state index is 0.209. The molecule has 0 radical (unpaired) electrons. The summed E-state index contributed by atoms with van der Waals surface area (Å²) in [5.41, 5.74) is 4.66. The van der Waals surface area contributed by atoms with Gasteiger partial charge in [0, 0.05) is 30.4 Å². The third-order valence-electron chi connectivity index (χ3n) is 4.96. The van der Waals surface area contributed by atoms with E-state index in [0.29, 0.717) is 19.5 Å². The van der Waals surface area contributed by atoms with Crippen molar-refractivity contribution < 1.29 is 14.3 Å². The van der Waals surface area contributed by atoms with E-state index < -0.39 is 5.60 Å². The highest BCUT2D eigenvalue weighted by atomic mass is 16.6. The highest BCUT2D eigenvalue weighted by Crippen LogP contribution is 2.32. The number of hydrogen-bond acceptors (Lipinski definition) is 3. The smallest absolute Gasteiger partial charge is 0.410 e. The Bertz CT molecular complexity index is 931. The average molecular weight is 352 g/mol. The van der Waals surface area contributed by atoms with Gasteiger partial charge >= 0.3 is 6.09 Å². The summed E-state index contributed by atoms with van der Waals surface area (Å²) in [6, 6.07) is 6.24. The van der Waals surface area contributed by atoms with Gasteiger partial charge in [0.15, 0.2) is 5.78 Å². The number of benzene rings is 1. The molecule has 1 aliphatic heterocycles. The largest absolute Gasteiger partial charge is 0.444 e. The molecule has 2 heterocycles. The van der Waals surface area contributed by atoms with Crippen molar-refractivity contribution in [3.8, 4) is 0 Å². The minimum Gasteiger partial charge on any atom is -0.444 e. The quantitative estimate of drug-likeness (QED) is 0.831. The van der Waals surface area contributed by atoms with Crippen molar-refractivity contribution >= 4 is 28.4 Å². The van der Waals surface area contributed by atoms with Gasteiger partial charge in [-0.15, -0.1) is 0 Å². The number of carbonyl (C=O) groups excluding carboxylic acids is 2. The normalized spacial score (nSPS) is 17.4. The lowest BCUT2D eigenvalue weighted by Gasteiger charge is -2.24. The second kappa shape index (κ2) is 6.01. The van der Waals surface area contributed by atoms with Crippen LogP contribution in [0.2, 0.25) is 0 Å². The number of rotatable bonds is 1. The minimum atomic E-state index is -0.491. The van der Waals surface area contributed by atoms with Gasteiger partial charge in [-0.3, -0.25) is 4.79 Å². The molecule has 4 rings (SSSR count). The highest BCUT2D eigenvalue weighted by Gasteiger charge is 2.26. The second-order valence-corrected chi connectivity index (χ2v) is 8.11. The van der Waals surface area contributed by atoms with Crippen molar-refractivity contribution in [2.45, 2.75) is 45.6 Å². The van der Waals surface area contributed by atoms with Gasteiger partial charge in [-0.05, 0) is 62.4 Å². The number of ether oxygens (including phenoxy) is 1. The van der Waals surface area contributed by atoms with Gasteiger partial charge in [0.25, 0.3) is 0 Å². The zero-order valence-corrected chi connectivity index (χ0v) is 15.5. The standard InChI is InChI=1S/C21H24N2O3/c1-21(2,3)26-20(25)23-10-9-14(12-23)13-7-8-17-16(11-13)15-5-4-6-18(24)19(15)22-17/h7-9,11,22H,4-6,10,12H2,1-3H3. The Hall–Kier alpha value is -2.56. The third-order valence-corrected chi connectivity index (χ3v) is 4.96. The molecule has 0 bridgehead atoms. The van der Waals surface area contributed by atoms with Gasteiger partial charge in [0.1, 0.15) is 5.60 Å². The highest BCUT2D eigenvalue weighted by molar-refractivity contribution is 6.03. The summed E-state index contributed by atoms with van der Waals surface area (Å²) in [6.45, 7) is 6.73. The molecular formula is C21H24N2O3. The number of amides is 1. The van der Waals surface area contributed by atoms with Crippen LogP contribution in [0.5, 0.6) is 0 Å². The van der Waals surface area contributed by atoms with Crippen molar-refractivity contribution in [2.24, 2.45) is 0 Å². The zero-order valence-electron chi connectivity index (χ0n) is 15.5. The molecule has 1 amide bonds. The van der Waals surface area contributed by atoms with E-state index in [4.69, 9.17) is 4.74 Å². The Morgan fingerprint density at radius 3 is 2.81 bits per heavy atom. The first kappa shape index (κ1) is 16.9. The first-order valence-corrected chi connectivity index (χ1v) is 9.17. The molecule has 0 atom stereocenters. The zero-order chi connectivity index (χ0) is 18.5. The number of aromatic nitrogens is 1. The van der Waals surface area contributed by atoms with Crippen LogP contribution < -0.4 is 0 Å². The summed E-state index contributed by atoms with van der Waals surface area (Å²) in [5.74, 6) is 0.209. The van der Waals surface area contributed by atoms with Crippen LogP contribution in [0.25, 0.3) is 16.5 Å². The van der Waals surface area contributed by atoms with Gasteiger partial charge < -0.3 is 14.6 Å². The van der Waals surface area contributed by atoms with Crippen LogP contribution in [-0.4, -0.2) is 40.5 Å². The molecule has 5 heteroatoms. The molecule has 2 aliphatic rings. The summed E-state index contributed by atoms with van der Waals surface area (Å²) in [4.78, 5) is 29.4. The molecule has 0 fully saturated rings. The van der Waals surface area contributed by atoms with Crippen LogP contribution in [0, 0.1) is 0 Å². The maximum Gasteiger partial charge on any atom is 0.410 e. The van der Waals surface area contributed by atoms with E-state index >= 15 is 0 Å². The Morgan fingerprint density at radius 2 is 2.04 bits per heavy atom. The predicted molar refractivity (Wildman–Crippen MR) is 101 cm³/mol. The monoisotopic (exact) mass is 352 g/mol. The fraction of sp³-hybridized carbons (Fsp3) is 0.429. The number of aromatic amines is 1. The molecule has 2 aromatic rings. The van der Waals surface area contributed by atoms with Crippen LogP contribution in [0.4, 0.5) is 4.79 Å². The number of aryl methyl sites for hydroxylation is 1. The molecule has 1 aromatic heterocycles. The van der Waals surface area contributed by atoms with Gasteiger partial charge in [-0.1, -0.05) is 12.1 Å². The molecule has 136 valence electrons. The van der Waals surface area contributed by atoms with Gasteiger partial charge in [-0.25, -0.2) is 4.79 Å². The molecule has 0 saturated heterocycles. The molecule has 1 aliphatic carbocycles. The van der Waals surface area contributed by atoms with Crippen molar-refractivity contribution in [2.75, 3.05) is 13.1 Å². The molecular weight excluding hydrogens is 328 g/mol. The van der Waals surface area contributed by atoms with Crippen LogP contribution in [0.1, 0.15) is 55.2 Å². The van der Waals surface area contributed by atoms with Crippen molar-refractivity contribution in [1.29, 1.82) is 0 Å². The van der Waals surface area contributed by atoms with E-state index in [1.54, 1.807) is 4.90 Å². The van der Waals surface area contributed by atoms with Crippen LogP contribution in [0.15, 0.2) is 24.3 Å². The summed E-state index contributed by atoms with van der Waals surface area (Å²) >= 11 is 0. The summed E-state index contributed by atoms with van der Waals surface area (Å²) in [6.07, 6.45) is 4.28. The fourth-order valence-electron chi connectivity index (χ4n) is 3.73. The number of H-pyrrole nitrogens is 1. The summed E-state index contributed by atoms with van der Waals surface area (Å²) in [5, 5.41) is 1.13. The average Bonchev–Trinajstić information content (AvgIpc) is 3.18. The first-order valence-electron chi connectivity index (χ1n) is 9.17. The Labute approximate surface area is 153 Å². The van der Waals surface area contributed by atoms with Crippen LogP contribution in [0.3, 0.4) is 0 Å². The maximum absolute atomic E-state index is 12.3. The van der Waals surface area contributed by atoms with E-state index in [9.17, 15) is 9.59 Å². The molecule has 5 nitrogen and oxygen atoms in total. The third kappa shape index (κ3) is 3.02. The van der Waals surface area contributed by atoms with E-state index in [1.807, 2.05) is 26.8 Å². The van der Waals surface area contributed by atoms with Crippen molar-refractivity contribution in [3.05, 3.63) is 41.1 Å². The number of hydrogen-bond donors (Lipinski definition) is 1. The Kier molecular flexibility index (Phi) is 3.90. The fourth-order valence-corrected chi connectivity index (χ4v) is 3.73. The van der Waals surface area contributed by atoms with E-state index in [0.717, 1.165) is 46.1 Å². The number of nitrogens with zero attached hydrogens (tertiary/aromatic N) is 1. The van der Waals surface area contributed by atoms with Gasteiger partial charge in [0.05, 0.1) is 5.69 Å². The Balaban J connectivity index is 1.58.